The fourth-order valence-electron chi connectivity index (χ4n) is 3.73. The van der Waals surface area contributed by atoms with Crippen LogP contribution in [0.4, 0.5) is 0 Å². The van der Waals surface area contributed by atoms with Crippen molar-refractivity contribution in [3.63, 3.8) is 0 Å². The zero-order valence-corrected chi connectivity index (χ0v) is 18.2. The van der Waals surface area contributed by atoms with Gasteiger partial charge in [0.1, 0.15) is 11.7 Å². The van der Waals surface area contributed by atoms with Gasteiger partial charge in [-0.2, -0.15) is 0 Å². The third-order valence-corrected chi connectivity index (χ3v) is 5.30. The fraction of sp³-hybridized carbons (Fsp3) is 0.458. The molecule has 1 aromatic heterocycles. The van der Waals surface area contributed by atoms with Crippen molar-refractivity contribution in [1.29, 1.82) is 0 Å². The van der Waals surface area contributed by atoms with Crippen molar-refractivity contribution < 1.29 is 19.4 Å². The van der Waals surface area contributed by atoms with E-state index in [1.807, 2.05) is 38.1 Å². The molecule has 2 aromatic rings. The molecule has 1 aromatic carbocycles. The van der Waals surface area contributed by atoms with Gasteiger partial charge in [-0.3, -0.25) is 14.4 Å². The van der Waals surface area contributed by atoms with Gasteiger partial charge in [-0.15, -0.1) is 0 Å². The van der Waals surface area contributed by atoms with Crippen molar-refractivity contribution in [2.75, 3.05) is 6.61 Å². The molecule has 0 aliphatic heterocycles. The largest absolute Gasteiger partial charge is 0.507 e. The molecule has 162 valence electrons. The molecule has 2 rings (SSSR count). The number of esters is 1. The summed E-state index contributed by atoms with van der Waals surface area (Å²) in [5.41, 5.74) is 3.27. The number of rotatable bonds is 10. The predicted octanol–water partition coefficient (Wildman–Crippen LogP) is 3.50. The predicted molar refractivity (Wildman–Crippen MR) is 116 cm³/mol. The van der Waals surface area contributed by atoms with E-state index in [2.05, 4.69) is 4.98 Å². The number of benzene rings is 1. The molecule has 0 amide bonds. The Balaban J connectivity index is 2.25. The highest BCUT2D eigenvalue weighted by molar-refractivity contribution is 5.99. The Morgan fingerprint density at radius 1 is 1.07 bits per heavy atom. The number of ether oxygens (including phenoxy) is 1. The molecule has 0 radical (unpaired) electrons. The lowest BCUT2D eigenvalue weighted by Crippen LogP contribution is -2.27. The number of carbonyl (C=O) groups is 2. The van der Waals surface area contributed by atoms with Crippen molar-refractivity contribution in [3.8, 4) is 5.75 Å². The molecule has 0 saturated heterocycles. The Labute approximate surface area is 177 Å². The van der Waals surface area contributed by atoms with E-state index in [9.17, 15) is 19.5 Å². The first kappa shape index (κ1) is 23.4. The summed E-state index contributed by atoms with van der Waals surface area (Å²) in [7, 11) is 0. The number of nitrogens with one attached hydrogen (secondary N) is 1. The molecular formula is C24H31NO5. The highest BCUT2D eigenvalue weighted by atomic mass is 16.5. The summed E-state index contributed by atoms with van der Waals surface area (Å²) >= 11 is 0. The van der Waals surface area contributed by atoms with Crippen LogP contribution in [0.3, 0.4) is 0 Å². The molecule has 0 saturated carbocycles. The molecule has 0 aliphatic carbocycles. The monoisotopic (exact) mass is 413 g/mol. The number of ketones is 1. The number of aromatic hydroxyl groups is 1. The van der Waals surface area contributed by atoms with Crippen LogP contribution in [-0.2, 0) is 40.0 Å². The third kappa shape index (κ3) is 5.38. The Hall–Kier alpha value is -2.89. The quantitative estimate of drug-likeness (QED) is 0.459. The van der Waals surface area contributed by atoms with Gasteiger partial charge in [-0.1, -0.05) is 45.0 Å². The number of aromatic nitrogens is 1. The van der Waals surface area contributed by atoms with Crippen LogP contribution in [0.25, 0.3) is 0 Å². The summed E-state index contributed by atoms with van der Waals surface area (Å²) in [6, 6.07) is 7.52. The zero-order chi connectivity index (χ0) is 22.3. The van der Waals surface area contributed by atoms with Crippen LogP contribution in [0.1, 0.15) is 62.1 Å². The Kier molecular flexibility index (Phi) is 8.39. The van der Waals surface area contributed by atoms with Crippen LogP contribution in [-0.4, -0.2) is 28.4 Å². The summed E-state index contributed by atoms with van der Waals surface area (Å²) in [5, 5.41) is 10.5. The second kappa shape index (κ2) is 10.8. The smallest absolute Gasteiger partial charge is 0.316 e. The topological polar surface area (TPSA) is 96.5 Å². The van der Waals surface area contributed by atoms with E-state index >= 15 is 0 Å². The van der Waals surface area contributed by atoms with E-state index in [0.717, 1.165) is 16.7 Å². The van der Waals surface area contributed by atoms with Crippen molar-refractivity contribution in [2.24, 2.45) is 5.92 Å². The van der Waals surface area contributed by atoms with Crippen LogP contribution in [0, 0.1) is 5.92 Å². The minimum Gasteiger partial charge on any atom is -0.507 e. The van der Waals surface area contributed by atoms with Gasteiger partial charge < -0.3 is 14.8 Å². The summed E-state index contributed by atoms with van der Waals surface area (Å²) in [4.78, 5) is 39.8. The lowest BCUT2D eigenvalue weighted by molar-refractivity contribution is -0.151. The van der Waals surface area contributed by atoms with Crippen molar-refractivity contribution in [2.45, 2.75) is 59.8 Å². The number of pyridine rings is 1. The summed E-state index contributed by atoms with van der Waals surface area (Å²) in [5.74, 6) is -1.32. The fourth-order valence-corrected chi connectivity index (χ4v) is 3.73. The molecule has 0 bridgehead atoms. The second-order valence-electron chi connectivity index (χ2n) is 7.30. The van der Waals surface area contributed by atoms with Gasteiger partial charge in [0.2, 0.25) is 0 Å². The summed E-state index contributed by atoms with van der Waals surface area (Å²) < 4.78 is 5.01. The molecule has 6 heteroatoms. The van der Waals surface area contributed by atoms with Gasteiger partial charge in [0, 0.05) is 24.1 Å². The highest BCUT2D eigenvalue weighted by Crippen LogP contribution is 2.25. The molecule has 0 aliphatic rings. The van der Waals surface area contributed by atoms with Crippen molar-refractivity contribution in [3.05, 3.63) is 62.6 Å². The van der Waals surface area contributed by atoms with E-state index in [-0.39, 0.29) is 30.1 Å². The highest BCUT2D eigenvalue weighted by Gasteiger charge is 2.26. The van der Waals surface area contributed by atoms with Crippen LogP contribution in [0.5, 0.6) is 5.75 Å². The molecule has 2 N–H and O–H groups in total. The Bertz CT molecular complexity index is 961. The molecule has 0 fully saturated rings. The molecule has 1 heterocycles. The van der Waals surface area contributed by atoms with Gasteiger partial charge in [0.25, 0.3) is 5.56 Å². The third-order valence-electron chi connectivity index (χ3n) is 5.30. The maximum absolute atomic E-state index is 12.6. The molecule has 0 spiro atoms. The van der Waals surface area contributed by atoms with Gasteiger partial charge in [0.15, 0.2) is 5.78 Å². The number of aromatic amines is 1. The second-order valence-corrected chi connectivity index (χ2v) is 7.30. The lowest BCUT2D eigenvalue weighted by Gasteiger charge is -2.14. The number of hydrogen-bond donors (Lipinski definition) is 2. The molecule has 30 heavy (non-hydrogen) atoms. The first-order chi connectivity index (χ1) is 14.4. The number of H-pyrrole nitrogens is 1. The van der Waals surface area contributed by atoms with E-state index < -0.39 is 11.9 Å². The molecular weight excluding hydrogens is 382 g/mol. The van der Waals surface area contributed by atoms with Crippen LogP contribution in [0.15, 0.2) is 29.1 Å². The standard InChI is InChI=1S/C24H31NO5/c1-5-17-20(25-23(28)19(7-3)22(17)27)13-15-10-9-11-16(12-15)14-21(26)18(6-2)24(29)30-8-4/h9-12,18H,5-8,13-14H2,1-4H3,(H2,25,27,28). The van der Waals surface area contributed by atoms with Crippen LogP contribution in [0.2, 0.25) is 0 Å². The SMILES string of the molecule is CCOC(=O)C(CC)C(=O)Cc1cccc(Cc2[nH]c(=O)c(CC)c(O)c2CC)c1. The number of Topliss-reactive ketones (excluding diaryl/α,β-unsaturated/α-hetero) is 1. The normalized spacial score (nSPS) is 11.9. The average Bonchev–Trinajstić information content (AvgIpc) is 2.69. The van der Waals surface area contributed by atoms with Gasteiger partial charge in [0.05, 0.1) is 12.2 Å². The number of hydrogen-bond acceptors (Lipinski definition) is 5. The van der Waals surface area contributed by atoms with E-state index in [0.29, 0.717) is 36.9 Å². The molecule has 1 unspecified atom stereocenters. The first-order valence-corrected chi connectivity index (χ1v) is 10.6. The van der Waals surface area contributed by atoms with Crippen LogP contribution < -0.4 is 5.56 Å². The minimum absolute atomic E-state index is 0.0744. The van der Waals surface area contributed by atoms with Crippen molar-refractivity contribution >= 4 is 11.8 Å². The summed E-state index contributed by atoms with van der Waals surface area (Å²) in [6.07, 6.45) is 2.04. The first-order valence-electron chi connectivity index (χ1n) is 10.6. The maximum atomic E-state index is 12.6. The lowest BCUT2D eigenvalue weighted by atomic mass is 9.94. The van der Waals surface area contributed by atoms with Crippen LogP contribution >= 0.6 is 0 Å². The van der Waals surface area contributed by atoms with E-state index in [1.54, 1.807) is 13.8 Å². The average molecular weight is 414 g/mol. The zero-order valence-electron chi connectivity index (χ0n) is 18.2. The molecule has 6 nitrogen and oxygen atoms in total. The molecule has 1 atom stereocenters. The Morgan fingerprint density at radius 3 is 2.33 bits per heavy atom. The van der Waals surface area contributed by atoms with Gasteiger partial charge >= 0.3 is 5.97 Å². The van der Waals surface area contributed by atoms with Crippen molar-refractivity contribution in [1.82, 2.24) is 4.98 Å². The number of carbonyl (C=O) groups excluding carboxylic acids is 2. The van der Waals surface area contributed by atoms with Gasteiger partial charge in [-0.05, 0) is 37.3 Å². The minimum atomic E-state index is -0.754. The maximum Gasteiger partial charge on any atom is 0.316 e. The van der Waals surface area contributed by atoms with Gasteiger partial charge in [-0.25, -0.2) is 0 Å². The van der Waals surface area contributed by atoms with E-state index in [4.69, 9.17) is 4.74 Å². The summed E-state index contributed by atoms with van der Waals surface area (Å²) in [6.45, 7) is 7.54. The van der Waals surface area contributed by atoms with E-state index in [1.165, 1.54) is 0 Å². The Morgan fingerprint density at radius 2 is 1.73 bits per heavy atom.